The van der Waals surface area contributed by atoms with Gasteiger partial charge in [0.05, 0.1) is 5.56 Å². The zero-order chi connectivity index (χ0) is 14.9. The number of aryl methyl sites for hydroxylation is 1. The van der Waals surface area contributed by atoms with E-state index in [-0.39, 0.29) is 11.3 Å². The van der Waals surface area contributed by atoms with Crippen LogP contribution in [0.15, 0.2) is 30.3 Å². The van der Waals surface area contributed by atoms with Crippen LogP contribution in [0, 0.1) is 13.8 Å². The van der Waals surface area contributed by atoms with Crippen molar-refractivity contribution in [1.29, 1.82) is 0 Å². The first-order chi connectivity index (χ1) is 9.40. The summed E-state index contributed by atoms with van der Waals surface area (Å²) in [5.74, 6) is -0.888. The number of nitrogens with zero attached hydrogens (tertiary/aromatic N) is 1. The predicted octanol–water partition coefficient (Wildman–Crippen LogP) is 3.05. The second-order valence-corrected chi connectivity index (χ2v) is 4.93. The van der Waals surface area contributed by atoms with Gasteiger partial charge in [-0.1, -0.05) is 12.1 Å². The van der Waals surface area contributed by atoms with Crippen LogP contribution in [0.25, 0.3) is 0 Å². The minimum Gasteiger partial charge on any atom is -0.478 e. The molecule has 0 fully saturated rings. The molecule has 1 aromatic carbocycles. The summed E-state index contributed by atoms with van der Waals surface area (Å²) in [5.41, 5.74) is 3.81. The van der Waals surface area contributed by atoms with Gasteiger partial charge in [-0.3, -0.25) is 4.79 Å². The van der Waals surface area contributed by atoms with Gasteiger partial charge in [-0.25, -0.2) is 4.79 Å². The Kier molecular flexibility index (Phi) is 3.74. The minimum absolute atomic E-state index is 0.0450. The molecule has 0 atom stereocenters. The molecule has 1 heterocycles. The van der Waals surface area contributed by atoms with Crippen molar-refractivity contribution in [1.82, 2.24) is 4.57 Å². The van der Waals surface area contributed by atoms with Crippen molar-refractivity contribution in [3.8, 4) is 0 Å². The van der Waals surface area contributed by atoms with Crippen molar-refractivity contribution >= 4 is 11.8 Å². The third-order valence-corrected chi connectivity index (χ3v) is 3.47. The maximum atomic E-state index is 11.5. The molecule has 4 heteroatoms. The van der Waals surface area contributed by atoms with Crippen LogP contribution >= 0.6 is 0 Å². The number of hydrogen-bond acceptors (Lipinski definition) is 2. The Morgan fingerprint density at radius 2 is 1.90 bits per heavy atom. The Morgan fingerprint density at radius 3 is 2.45 bits per heavy atom. The Balaban J connectivity index is 2.37. The van der Waals surface area contributed by atoms with E-state index in [2.05, 4.69) is 0 Å². The van der Waals surface area contributed by atoms with Crippen molar-refractivity contribution < 1.29 is 14.7 Å². The van der Waals surface area contributed by atoms with Crippen molar-refractivity contribution in [2.45, 2.75) is 27.3 Å². The Morgan fingerprint density at radius 1 is 1.20 bits per heavy atom. The van der Waals surface area contributed by atoms with E-state index < -0.39 is 5.97 Å². The smallest absolute Gasteiger partial charge is 0.335 e. The molecule has 0 aliphatic carbocycles. The van der Waals surface area contributed by atoms with Crippen LogP contribution in [0.1, 0.15) is 44.6 Å². The van der Waals surface area contributed by atoms with E-state index in [0.29, 0.717) is 6.54 Å². The molecule has 1 aromatic heterocycles. The molecule has 0 spiro atoms. The second-order valence-electron chi connectivity index (χ2n) is 4.93. The number of ketones is 1. The molecular formula is C16H17NO3. The van der Waals surface area contributed by atoms with E-state index in [1.54, 1.807) is 25.1 Å². The molecule has 0 saturated heterocycles. The molecule has 0 bridgehead atoms. The van der Waals surface area contributed by atoms with Gasteiger partial charge in [0.25, 0.3) is 0 Å². The number of carboxylic acids is 1. The van der Waals surface area contributed by atoms with Crippen LogP contribution in [0.4, 0.5) is 0 Å². The number of benzene rings is 1. The monoisotopic (exact) mass is 271 g/mol. The minimum atomic E-state index is -0.933. The third-order valence-electron chi connectivity index (χ3n) is 3.47. The molecule has 0 radical (unpaired) electrons. The quantitative estimate of drug-likeness (QED) is 0.869. The average molecular weight is 271 g/mol. The number of carboxylic acid groups (broad SMARTS) is 1. The largest absolute Gasteiger partial charge is 0.478 e. The van der Waals surface area contributed by atoms with Crippen molar-refractivity contribution in [2.24, 2.45) is 0 Å². The SMILES string of the molecule is CC(=O)c1cc(C)n(Cc2cccc(C(=O)O)c2)c1C. The molecule has 4 nitrogen and oxygen atoms in total. The van der Waals surface area contributed by atoms with Gasteiger partial charge >= 0.3 is 5.97 Å². The Hall–Kier alpha value is -2.36. The van der Waals surface area contributed by atoms with Crippen LogP contribution in [0.3, 0.4) is 0 Å². The maximum absolute atomic E-state index is 11.5. The molecule has 2 aromatic rings. The van der Waals surface area contributed by atoms with Crippen LogP contribution in [-0.2, 0) is 6.54 Å². The lowest BCUT2D eigenvalue weighted by Crippen LogP contribution is -2.06. The van der Waals surface area contributed by atoms with Crippen LogP contribution in [0.5, 0.6) is 0 Å². The van der Waals surface area contributed by atoms with E-state index in [1.807, 2.05) is 30.5 Å². The lowest BCUT2D eigenvalue weighted by molar-refractivity contribution is 0.0696. The van der Waals surface area contributed by atoms with Gasteiger partial charge in [0.15, 0.2) is 5.78 Å². The van der Waals surface area contributed by atoms with Crippen molar-refractivity contribution in [3.05, 3.63) is 58.4 Å². The fourth-order valence-corrected chi connectivity index (χ4v) is 2.39. The zero-order valence-electron chi connectivity index (χ0n) is 11.8. The molecule has 20 heavy (non-hydrogen) atoms. The van der Waals surface area contributed by atoms with Crippen LogP contribution in [0.2, 0.25) is 0 Å². The van der Waals surface area contributed by atoms with Crippen molar-refractivity contribution in [3.63, 3.8) is 0 Å². The second kappa shape index (κ2) is 5.33. The first kappa shape index (κ1) is 14.1. The Labute approximate surface area is 117 Å². The molecule has 104 valence electrons. The van der Waals surface area contributed by atoms with Crippen LogP contribution in [-0.4, -0.2) is 21.4 Å². The third kappa shape index (κ3) is 2.64. The number of carbonyl (C=O) groups excluding carboxylic acids is 1. The van der Waals surface area contributed by atoms with Gasteiger partial charge in [0.1, 0.15) is 0 Å². The van der Waals surface area contributed by atoms with Crippen LogP contribution < -0.4 is 0 Å². The lowest BCUT2D eigenvalue weighted by atomic mass is 10.1. The van der Waals surface area contributed by atoms with E-state index >= 15 is 0 Å². The van der Waals surface area contributed by atoms with E-state index in [4.69, 9.17) is 5.11 Å². The molecule has 0 aliphatic heterocycles. The number of aromatic nitrogens is 1. The number of rotatable bonds is 4. The van der Waals surface area contributed by atoms with E-state index in [1.165, 1.54) is 0 Å². The van der Waals surface area contributed by atoms with Gasteiger partial charge in [0.2, 0.25) is 0 Å². The summed E-state index contributed by atoms with van der Waals surface area (Å²) < 4.78 is 2.03. The number of carbonyl (C=O) groups is 2. The molecule has 0 saturated carbocycles. The fourth-order valence-electron chi connectivity index (χ4n) is 2.39. The summed E-state index contributed by atoms with van der Waals surface area (Å²) in [7, 11) is 0. The molecule has 2 rings (SSSR count). The van der Waals surface area contributed by atoms with Gasteiger partial charge in [-0.05, 0) is 44.5 Å². The summed E-state index contributed by atoms with van der Waals surface area (Å²) in [4.78, 5) is 22.5. The van der Waals surface area contributed by atoms with Gasteiger partial charge in [0, 0.05) is 23.5 Å². The highest BCUT2D eigenvalue weighted by atomic mass is 16.4. The molecule has 1 N–H and O–H groups in total. The summed E-state index contributed by atoms with van der Waals surface area (Å²) in [6.07, 6.45) is 0. The zero-order valence-corrected chi connectivity index (χ0v) is 11.8. The first-order valence-electron chi connectivity index (χ1n) is 6.40. The van der Waals surface area contributed by atoms with Gasteiger partial charge in [-0.2, -0.15) is 0 Å². The molecule has 0 unspecified atom stereocenters. The number of hydrogen-bond donors (Lipinski definition) is 1. The molecule has 0 aliphatic rings. The standard InChI is InChI=1S/C16H17NO3/c1-10-7-15(12(3)18)11(2)17(10)9-13-5-4-6-14(8-13)16(19)20/h4-8H,9H2,1-3H3,(H,19,20). The summed E-state index contributed by atoms with van der Waals surface area (Å²) >= 11 is 0. The highest BCUT2D eigenvalue weighted by Gasteiger charge is 2.13. The lowest BCUT2D eigenvalue weighted by Gasteiger charge is -2.10. The van der Waals surface area contributed by atoms with E-state index in [0.717, 1.165) is 22.5 Å². The number of Topliss-reactive ketones (excluding diaryl/α,β-unsaturated/α-hetero) is 1. The molecular weight excluding hydrogens is 254 g/mol. The summed E-state index contributed by atoms with van der Waals surface area (Å²) in [6, 6.07) is 8.73. The molecule has 0 amide bonds. The summed E-state index contributed by atoms with van der Waals surface area (Å²) in [6.45, 7) is 5.97. The van der Waals surface area contributed by atoms with Crippen molar-refractivity contribution in [2.75, 3.05) is 0 Å². The number of aromatic carboxylic acids is 1. The maximum Gasteiger partial charge on any atom is 0.335 e. The average Bonchev–Trinajstić information content (AvgIpc) is 2.67. The highest BCUT2D eigenvalue weighted by Crippen LogP contribution is 2.18. The fraction of sp³-hybridized carbons (Fsp3) is 0.250. The van der Waals surface area contributed by atoms with Gasteiger partial charge < -0.3 is 9.67 Å². The summed E-state index contributed by atoms with van der Waals surface area (Å²) in [5, 5.41) is 9.01. The first-order valence-corrected chi connectivity index (χ1v) is 6.40. The highest BCUT2D eigenvalue weighted by molar-refractivity contribution is 5.95. The Bertz CT molecular complexity index is 683. The van der Waals surface area contributed by atoms with Gasteiger partial charge in [-0.15, -0.1) is 0 Å². The normalized spacial score (nSPS) is 10.6. The topological polar surface area (TPSA) is 59.3 Å². The van der Waals surface area contributed by atoms with E-state index in [9.17, 15) is 9.59 Å². The predicted molar refractivity (Wildman–Crippen MR) is 76.4 cm³/mol.